The van der Waals surface area contributed by atoms with Gasteiger partial charge in [-0.3, -0.25) is 30.5 Å². The Morgan fingerprint density at radius 1 is 0.679 bits per heavy atom. The Labute approximate surface area is 186 Å². The van der Waals surface area contributed by atoms with E-state index in [0.717, 1.165) is 41.2 Å². The molecular weight excluding hydrogens is 393 g/mol. The first kappa shape index (κ1) is 45.2. The van der Waals surface area contributed by atoms with E-state index >= 15 is 0 Å². The van der Waals surface area contributed by atoms with Crippen LogP contribution in [0.3, 0.4) is 0 Å². The van der Waals surface area contributed by atoms with E-state index in [4.69, 9.17) is 61.0 Å². The smallest absolute Gasteiger partial charge is 0.481 e. The first-order valence-electron chi connectivity index (χ1n) is 7.01. The molecule has 0 heterocycles. The molecule has 0 radical (unpaired) electrons. The summed E-state index contributed by atoms with van der Waals surface area (Å²) in [4.78, 5) is 45.0. The molecule has 0 rings (SSSR count). The predicted octanol–water partition coefficient (Wildman–Crippen LogP) is -3.89. The number of aliphatic carboxylic acids is 5. The molecule has 0 fully saturated rings. The summed E-state index contributed by atoms with van der Waals surface area (Å²) in [5, 5.41) is 40.0. The summed E-state index contributed by atoms with van der Waals surface area (Å²) in [6, 6.07) is 0. The van der Waals surface area contributed by atoms with Crippen molar-refractivity contribution in [3.05, 3.63) is 6.54 Å². The fraction of sp³-hybridized carbons (Fsp3) is 0.571. The van der Waals surface area contributed by atoms with Gasteiger partial charge in [0.25, 0.3) is 29.8 Å². The standard InChI is InChI=1S/C4H12N3.5C2H4O2.Na/c5-1-3-7-4-2-6;5*1-2(3)4;/h3,7H,1-2,4-6H2;5*1H3,(H,3,4);/q-1;;;;;;+1. The first-order valence-corrected chi connectivity index (χ1v) is 7.01. The van der Waals surface area contributed by atoms with Crippen LogP contribution in [0.4, 0.5) is 0 Å². The number of carboxylic acid groups (broad SMARTS) is 5. The molecule has 0 bridgehead atoms. The van der Waals surface area contributed by atoms with E-state index in [9.17, 15) is 0 Å². The van der Waals surface area contributed by atoms with E-state index in [1.165, 1.54) is 0 Å². The molecule has 164 valence electrons. The van der Waals surface area contributed by atoms with Crippen molar-refractivity contribution >= 4 is 29.8 Å². The Hall–Kier alpha value is -1.77. The topological polar surface area (TPSA) is 251 Å². The Morgan fingerprint density at radius 3 is 0.964 bits per heavy atom. The second-order valence-corrected chi connectivity index (χ2v) is 3.78. The summed E-state index contributed by atoms with van der Waals surface area (Å²) >= 11 is 0. The molecule has 10 N–H and O–H groups in total. The molecule has 0 spiro atoms. The van der Waals surface area contributed by atoms with Crippen LogP contribution in [0.2, 0.25) is 0 Å². The predicted molar refractivity (Wildman–Crippen MR) is 97.0 cm³/mol. The second kappa shape index (κ2) is 44.6. The zero-order valence-electron chi connectivity index (χ0n) is 17.1. The van der Waals surface area contributed by atoms with Crippen molar-refractivity contribution in [3.8, 4) is 0 Å². The fourth-order valence-electron chi connectivity index (χ4n) is 0.269. The summed E-state index contributed by atoms with van der Waals surface area (Å²) in [7, 11) is 0. The quantitative estimate of drug-likeness (QED) is 0.122. The fourth-order valence-corrected chi connectivity index (χ4v) is 0.269. The van der Waals surface area contributed by atoms with Crippen LogP contribution in [0.15, 0.2) is 0 Å². The number of hydrogen-bond acceptors (Lipinski definition) is 8. The third-order valence-corrected chi connectivity index (χ3v) is 0.551. The number of nitrogens with one attached hydrogen (secondary N) is 1. The number of rotatable bonds is 4. The van der Waals surface area contributed by atoms with Gasteiger partial charge >= 0.3 is 29.6 Å². The monoisotopic (exact) mass is 425 g/mol. The first-order chi connectivity index (χ1) is 12.1. The molecule has 0 saturated carbocycles. The van der Waals surface area contributed by atoms with Crippen LogP contribution in [0, 0.1) is 6.54 Å². The molecule has 0 aromatic carbocycles. The molecule has 13 nitrogen and oxygen atoms in total. The molecule has 0 unspecified atom stereocenters. The van der Waals surface area contributed by atoms with Gasteiger partial charge in [0, 0.05) is 41.2 Å². The van der Waals surface area contributed by atoms with E-state index in [0.29, 0.717) is 13.1 Å². The number of hydrogen-bond donors (Lipinski definition) is 8. The Morgan fingerprint density at radius 2 is 0.857 bits per heavy atom. The van der Waals surface area contributed by atoms with Gasteiger partial charge < -0.3 is 42.3 Å². The van der Waals surface area contributed by atoms with Gasteiger partial charge in [-0.05, 0) is 6.54 Å². The molecular formula is C14H32N3NaO10. The maximum atomic E-state index is 9.00. The van der Waals surface area contributed by atoms with Crippen LogP contribution in [-0.2, 0) is 24.0 Å². The van der Waals surface area contributed by atoms with Gasteiger partial charge in [-0.1, -0.05) is 0 Å². The summed E-state index contributed by atoms with van der Waals surface area (Å²) in [5.41, 5.74) is 10.3. The minimum Gasteiger partial charge on any atom is -0.481 e. The summed E-state index contributed by atoms with van der Waals surface area (Å²) in [5.74, 6) is -4.17. The van der Waals surface area contributed by atoms with Crippen molar-refractivity contribution in [3.63, 3.8) is 0 Å². The third kappa shape index (κ3) is 2630. The zero-order valence-corrected chi connectivity index (χ0v) is 19.1. The molecule has 0 aromatic heterocycles. The largest absolute Gasteiger partial charge is 1.00 e. The van der Waals surface area contributed by atoms with Crippen molar-refractivity contribution in [2.45, 2.75) is 34.6 Å². The van der Waals surface area contributed by atoms with Crippen molar-refractivity contribution in [1.82, 2.24) is 5.32 Å². The molecule has 0 aliphatic carbocycles. The normalized spacial score (nSPS) is 6.82. The van der Waals surface area contributed by atoms with Crippen LogP contribution in [0.5, 0.6) is 0 Å². The third-order valence-electron chi connectivity index (χ3n) is 0.551. The maximum Gasteiger partial charge on any atom is 1.00 e. The minimum atomic E-state index is -0.833. The van der Waals surface area contributed by atoms with Crippen LogP contribution >= 0.6 is 0 Å². The van der Waals surface area contributed by atoms with Crippen LogP contribution in [0.1, 0.15) is 34.6 Å². The number of nitrogens with two attached hydrogens (primary N) is 2. The van der Waals surface area contributed by atoms with Gasteiger partial charge in [-0.25, -0.2) is 0 Å². The average molecular weight is 425 g/mol. The van der Waals surface area contributed by atoms with Gasteiger partial charge in [0.2, 0.25) is 0 Å². The molecule has 0 aromatic rings. The van der Waals surface area contributed by atoms with E-state index in [1.54, 1.807) is 6.54 Å². The zero-order chi connectivity index (χ0) is 23.4. The van der Waals surface area contributed by atoms with Crippen LogP contribution in [-0.4, -0.2) is 75.0 Å². The van der Waals surface area contributed by atoms with E-state index < -0.39 is 29.8 Å². The number of carboxylic acids is 5. The molecule has 28 heavy (non-hydrogen) atoms. The minimum absolute atomic E-state index is 0. The molecule has 0 aliphatic heterocycles. The molecule has 0 atom stereocenters. The second-order valence-electron chi connectivity index (χ2n) is 3.78. The summed E-state index contributed by atoms with van der Waals surface area (Å²) in [6.45, 7) is 9.25. The summed E-state index contributed by atoms with van der Waals surface area (Å²) in [6.07, 6.45) is 0. The van der Waals surface area contributed by atoms with Crippen LogP contribution in [0.25, 0.3) is 0 Å². The van der Waals surface area contributed by atoms with Gasteiger partial charge in [-0.15, -0.1) is 6.54 Å². The number of carbonyl (C=O) groups is 5. The van der Waals surface area contributed by atoms with Crippen LogP contribution < -0.4 is 46.3 Å². The molecule has 0 saturated heterocycles. The van der Waals surface area contributed by atoms with Gasteiger partial charge in [0.05, 0.1) is 0 Å². The molecule has 0 aliphatic rings. The van der Waals surface area contributed by atoms with E-state index in [-0.39, 0.29) is 29.6 Å². The summed E-state index contributed by atoms with van der Waals surface area (Å²) < 4.78 is 0. The van der Waals surface area contributed by atoms with Gasteiger partial charge in [0.1, 0.15) is 0 Å². The molecule has 14 heteroatoms. The van der Waals surface area contributed by atoms with Gasteiger partial charge in [0.15, 0.2) is 0 Å². The van der Waals surface area contributed by atoms with Crippen molar-refractivity contribution in [2.75, 3.05) is 19.6 Å². The Kier molecular flexibility index (Phi) is 71.9. The SMILES string of the molecule is CC(=O)O.CC(=O)O.CC(=O)O.CC(=O)O.CC(=O)O.NC[CH-]NCCN.[Na+]. The van der Waals surface area contributed by atoms with Crippen molar-refractivity contribution < 1.29 is 79.1 Å². The van der Waals surface area contributed by atoms with Crippen molar-refractivity contribution in [1.29, 1.82) is 0 Å². The Bertz CT molecular complexity index is 289. The van der Waals surface area contributed by atoms with E-state index in [2.05, 4.69) is 5.32 Å². The van der Waals surface area contributed by atoms with E-state index in [1.807, 2.05) is 0 Å². The molecule has 0 amide bonds. The maximum absolute atomic E-state index is 9.00. The van der Waals surface area contributed by atoms with Crippen molar-refractivity contribution in [2.24, 2.45) is 11.5 Å². The Balaban J connectivity index is -0.0000000382. The van der Waals surface area contributed by atoms with Gasteiger partial charge in [-0.2, -0.15) is 0 Å². The average Bonchev–Trinajstić information content (AvgIpc) is 2.35.